The van der Waals surface area contributed by atoms with Crippen molar-refractivity contribution in [3.8, 4) is 0 Å². The fourth-order valence-electron chi connectivity index (χ4n) is 3.32. The fraction of sp³-hybridized carbons (Fsp3) is 0.136. The maximum Gasteiger partial charge on any atom is 0.416 e. The number of aromatic nitrogens is 1. The average Bonchev–Trinajstić information content (AvgIpc) is 2.73. The van der Waals surface area contributed by atoms with Crippen LogP contribution in [-0.4, -0.2) is 18.1 Å². The normalized spacial score (nSPS) is 11.8. The standard InChI is InChI=1S/C22H17Cl2F3N4/c23-17-4-2-14(11-18(17)24)30-13-3-6-20-16(10-13)21(29-8-7-28)15-9-12(22(25,26)27)1-5-19(15)31-20/h1-6,9-11,30H,7-8,28H2,(H,29,31). The van der Waals surface area contributed by atoms with Crippen molar-refractivity contribution in [3.05, 3.63) is 70.2 Å². The van der Waals surface area contributed by atoms with Gasteiger partial charge in [0.25, 0.3) is 0 Å². The SMILES string of the molecule is NCCNc1c2cc(Nc3ccc(Cl)c(Cl)c3)ccc2nc2ccc(C(F)(F)F)cc12. The van der Waals surface area contributed by atoms with Crippen LogP contribution in [0.15, 0.2) is 54.6 Å². The summed E-state index contributed by atoms with van der Waals surface area (Å²) in [6, 6.07) is 14.1. The number of nitrogens with one attached hydrogen (secondary N) is 2. The van der Waals surface area contributed by atoms with Crippen LogP contribution in [0, 0.1) is 0 Å². The summed E-state index contributed by atoms with van der Waals surface area (Å²) in [7, 11) is 0. The number of fused-ring (bicyclic) bond motifs is 2. The van der Waals surface area contributed by atoms with E-state index in [1.807, 2.05) is 12.1 Å². The molecule has 4 N–H and O–H groups in total. The highest BCUT2D eigenvalue weighted by Crippen LogP contribution is 2.37. The quantitative estimate of drug-likeness (QED) is 0.283. The molecule has 4 nitrogen and oxygen atoms in total. The molecule has 1 heterocycles. The predicted molar refractivity (Wildman–Crippen MR) is 122 cm³/mol. The molecular weight excluding hydrogens is 448 g/mol. The molecule has 4 rings (SSSR count). The van der Waals surface area contributed by atoms with Crippen LogP contribution in [-0.2, 0) is 6.18 Å². The number of nitrogens with two attached hydrogens (primary N) is 1. The molecule has 0 saturated carbocycles. The van der Waals surface area contributed by atoms with Crippen molar-refractivity contribution in [2.45, 2.75) is 6.18 Å². The molecule has 0 spiro atoms. The number of pyridine rings is 1. The first-order chi connectivity index (χ1) is 14.8. The van der Waals surface area contributed by atoms with Gasteiger partial charge in [0.15, 0.2) is 0 Å². The summed E-state index contributed by atoms with van der Waals surface area (Å²) in [5, 5.41) is 8.29. The zero-order valence-corrected chi connectivity index (χ0v) is 17.5. The van der Waals surface area contributed by atoms with E-state index in [1.165, 1.54) is 6.07 Å². The molecule has 0 bridgehead atoms. The van der Waals surface area contributed by atoms with Gasteiger partial charge in [0, 0.05) is 35.2 Å². The Morgan fingerprint density at radius 3 is 2.16 bits per heavy atom. The number of halogens is 5. The minimum atomic E-state index is -4.45. The Hall–Kier alpha value is -2.74. The van der Waals surface area contributed by atoms with Crippen LogP contribution in [0.4, 0.5) is 30.2 Å². The molecule has 0 amide bonds. The molecule has 31 heavy (non-hydrogen) atoms. The van der Waals surface area contributed by atoms with Crippen LogP contribution in [0.25, 0.3) is 21.8 Å². The Labute approximate surface area is 186 Å². The summed E-state index contributed by atoms with van der Waals surface area (Å²) in [6.45, 7) is 0.723. The Morgan fingerprint density at radius 2 is 1.48 bits per heavy atom. The van der Waals surface area contributed by atoms with E-state index in [2.05, 4.69) is 15.6 Å². The Kier molecular flexibility index (Phi) is 5.83. The number of benzene rings is 3. The summed E-state index contributed by atoms with van der Waals surface area (Å²) >= 11 is 12.0. The molecule has 0 aliphatic carbocycles. The molecular formula is C22H17Cl2F3N4. The van der Waals surface area contributed by atoms with Crippen molar-refractivity contribution in [1.29, 1.82) is 0 Å². The lowest BCUT2D eigenvalue weighted by Crippen LogP contribution is -2.14. The fourth-order valence-corrected chi connectivity index (χ4v) is 3.62. The van der Waals surface area contributed by atoms with Gasteiger partial charge in [-0.1, -0.05) is 23.2 Å². The van der Waals surface area contributed by atoms with Crippen molar-refractivity contribution in [3.63, 3.8) is 0 Å². The number of rotatable bonds is 5. The molecule has 0 fully saturated rings. The molecule has 0 saturated heterocycles. The highest BCUT2D eigenvalue weighted by atomic mass is 35.5. The number of anilines is 3. The molecule has 0 aliphatic rings. The first-order valence-corrected chi connectivity index (χ1v) is 10.1. The maximum absolute atomic E-state index is 13.3. The van der Waals surface area contributed by atoms with Gasteiger partial charge in [-0.3, -0.25) is 0 Å². The van der Waals surface area contributed by atoms with E-state index in [0.717, 1.165) is 23.5 Å². The topological polar surface area (TPSA) is 63.0 Å². The third kappa shape index (κ3) is 4.49. The first kappa shape index (κ1) is 21.5. The number of hydrogen-bond acceptors (Lipinski definition) is 4. The first-order valence-electron chi connectivity index (χ1n) is 9.37. The summed E-state index contributed by atoms with van der Waals surface area (Å²) in [5.74, 6) is 0. The van der Waals surface area contributed by atoms with Crippen LogP contribution in [0.1, 0.15) is 5.56 Å². The molecule has 9 heteroatoms. The van der Waals surface area contributed by atoms with Gasteiger partial charge in [-0.25, -0.2) is 4.98 Å². The zero-order valence-electron chi connectivity index (χ0n) is 16.0. The second-order valence-electron chi connectivity index (χ2n) is 6.92. The van der Waals surface area contributed by atoms with Crippen LogP contribution < -0.4 is 16.4 Å². The van der Waals surface area contributed by atoms with Crippen molar-refractivity contribution in [1.82, 2.24) is 4.98 Å². The highest BCUT2D eigenvalue weighted by Gasteiger charge is 2.31. The van der Waals surface area contributed by atoms with Gasteiger partial charge in [0.1, 0.15) is 0 Å². The second kappa shape index (κ2) is 8.42. The van der Waals surface area contributed by atoms with E-state index in [0.29, 0.717) is 50.6 Å². The number of nitrogens with zero attached hydrogens (tertiary/aromatic N) is 1. The van der Waals surface area contributed by atoms with Gasteiger partial charge < -0.3 is 16.4 Å². The summed E-state index contributed by atoms with van der Waals surface area (Å²) in [6.07, 6.45) is -4.45. The third-order valence-corrected chi connectivity index (χ3v) is 5.49. The smallest absolute Gasteiger partial charge is 0.383 e. The molecule has 1 aromatic heterocycles. The monoisotopic (exact) mass is 464 g/mol. The molecule has 3 aromatic carbocycles. The molecule has 0 atom stereocenters. The van der Waals surface area contributed by atoms with Crippen molar-refractivity contribution in [2.75, 3.05) is 23.7 Å². The minimum absolute atomic E-state index is 0.325. The van der Waals surface area contributed by atoms with E-state index in [-0.39, 0.29) is 0 Å². The lowest BCUT2D eigenvalue weighted by molar-refractivity contribution is -0.137. The van der Waals surface area contributed by atoms with Gasteiger partial charge in [-0.15, -0.1) is 0 Å². The van der Waals surface area contributed by atoms with E-state index in [9.17, 15) is 13.2 Å². The summed E-state index contributed by atoms with van der Waals surface area (Å²) in [5.41, 5.74) is 7.99. The molecule has 0 aliphatic heterocycles. The van der Waals surface area contributed by atoms with Crippen LogP contribution in [0.5, 0.6) is 0 Å². The van der Waals surface area contributed by atoms with E-state index < -0.39 is 11.7 Å². The van der Waals surface area contributed by atoms with Gasteiger partial charge in [-0.2, -0.15) is 13.2 Å². The second-order valence-corrected chi connectivity index (χ2v) is 7.73. The number of hydrogen-bond donors (Lipinski definition) is 3. The lowest BCUT2D eigenvalue weighted by atomic mass is 10.0. The molecule has 0 radical (unpaired) electrons. The van der Waals surface area contributed by atoms with Gasteiger partial charge in [-0.05, 0) is 54.6 Å². The average molecular weight is 465 g/mol. The highest BCUT2D eigenvalue weighted by molar-refractivity contribution is 6.42. The summed E-state index contributed by atoms with van der Waals surface area (Å²) in [4.78, 5) is 4.54. The predicted octanol–water partition coefficient (Wildman–Crippen LogP) is 6.83. The van der Waals surface area contributed by atoms with Gasteiger partial charge >= 0.3 is 6.18 Å². The van der Waals surface area contributed by atoms with E-state index >= 15 is 0 Å². The van der Waals surface area contributed by atoms with Gasteiger partial charge in [0.05, 0.1) is 32.3 Å². The molecule has 160 valence electrons. The zero-order chi connectivity index (χ0) is 22.2. The molecule has 4 aromatic rings. The number of alkyl halides is 3. The largest absolute Gasteiger partial charge is 0.416 e. The Bertz CT molecular complexity index is 1280. The summed E-state index contributed by atoms with van der Waals surface area (Å²) < 4.78 is 39.9. The Morgan fingerprint density at radius 1 is 0.839 bits per heavy atom. The third-order valence-electron chi connectivity index (χ3n) is 4.75. The van der Waals surface area contributed by atoms with Gasteiger partial charge in [0.2, 0.25) is 0 Å². The van der Waals surface area contributed by atoms with Crippen molar-refractivity contribution >= 4 is 62.1 Å². The van der Waals surface area contributed by atoms with E-state index in [1.54, 1.807) is 24.3 Å². The van der Waals surface area contributed by atoms with Crippen LogP contribution in [0.3, 0.4) is 0 Å². The van der Waals surface area contributed by atoms with Crippen molar-refractivity contribution in [2.24, 2.45) is 5.73 Å². The van der Waals surface area contributed by atoms with Crippen LogP contribution in [0.2, 0.25) is 10.0 Å². The Balaban J connectivity index is 1.86. The van der Waals surface area contributed by atoms with Crippen molar-refractivity contribution < 1.29 is 13.2 Å². The maximum atomic E-state index is 13.3. The molecule has 0 unspecified atom stereocenters. The van der Waals surface area contributed by atoms with E-state index in [4.69, 9.17) is 28.9 Å². The lowest BCUT2D eigenvalue weighted by Gasteiger charge is -2.16. The van der Waals surface area contributed by atoms with Crippen LogP contribution >= 0.6 is 23.2 Å². The minimum Gasteiger partial charge on any atom is -0.383 e.